The van der Waals surface area contributed by atoms with E-state index in [-0.39, 0.29) is 23.6 Å². The molecule has 0 aromatic heterocycles. The van der Waals surface area contributed by atoms with E-state index in [0.29, 0.717) is 6.61 Å². The first kappa shape index (κ1) is 7.80. The Labute approximate surface area is 70.9 Å². The lowest BCUT2D eigenvalue weighted by molar-refractivity contribution is 0.0852. The second kappa shape index (κ2) is 2.59. The number of rotatable bonds is 0. The average molecular weight is 178 g/mol. The van der Waals surface area contributed by atoms with Crippen LogP contribution in [0.4, 0.5) is 0 Å². The maximum Gasteiger partial charge on any atom is 0.0954 e. The van der Waals surface area contributed by atoms with Gasteiger partial charge in [-0.3, -0.25) is 4.90 Å². The molecule has 0 aromatic rings. The van der Waals surface area contributed by atoms with Crippen LogP contribution in [0.2, 0.25) is 0 Å². The maximum absolute atomic E-state index is 9.46. The van der Waals surface area contributed by atoms with E-state index in [0.717, 1.165) is 6.54 Å². The van der Waals surface area contributed by atoms with Crippen LogP contribution < -0.4 is 0 Å². The lowest BCUT2D eigenvalue weighted by atomic mass is 10.1. The van der Waals surface area contributed by atoms with Crippen LogP contribution in [0.5, 0.6) is 0 Å². The second-order valence-electron chi connectivity index (χ2n) is 3.31. The second-order valence-corrected chi connectivity index (χ2v) is 3.87. The minimum atomic E-state index is -0.353. The van der Waals surface area contributed by atoms with Crippen LogP contribution in [0.1, 0.15) is 0 Å². The molecule has 11 heavy (non-hydrogen) atoms. The van der Waals surface area contributed by atoms with Crippen molar-refractivity contribution in [1.82, 2.24) is 4.90 Å². The van der Waals surface area contributed by atoms with Gasteiger partial charge in [-0.25, -0.2) is 0 Å². The molecule has 2 aliphatic rings. The average Bonchev–Trinajstić information content (AvgIpc) is 2.41. The molecule has 2 heterocycles. The van der Waals surface area contributed by atoms with Gasteiger partial charge in [0, 0.05) is 6.54 Å². The third-order valence-corrected chi connectivity index (χ3v) is 2.90. The van der Waals surface area contributed by atoms with Crippen molar-refractivity contribution in [2.75, 3.05) is 20.2 Å². The first-order chi connectivity index (χ1) is 5.20. The predicted octanol–water partition coefficient (Wildman–Crippen LogP) is -0.332. The SMILES string of the molecule is CN1C[C@H](Cl)[C@H]2OC[C@H](O)[C@H]21. The van der Waals surface area contributed by atoms with Crippen molar-refractivity contribution in [2.24, 2.45) is 0 Å². The summed E-state index contributed by atoms with van der Waals surface area (Å²) < 4.78 is 5.35. The number of hydrogen-bond donors (Lipinski definition) is 1. The van der Waals surface area contributed by atoms with Crippen LogP contribution in [-0.2, 0) is 4.74 Å². The smallest absolute Gasteiger partial charge is 0.0954 e. The van der Waals surface area contributed by atoms with Crippen LogP contribution in [-0.4, -0.2) is 53.8 Å². The van der Waals surface area contributed by atoms with E-state index in [2.05, 4.69) is 4.90 Å². The number of halogens is 1. The summed E-state index contributed by atoms with van der Waals surface area (Å²) in [6.45, 7) is 1.25. The van der Waals surface area contributed by atoms with E-state index in [9.17, 15) is 5.11 Å². The third kappa shape index (κ3) is 1.07. The fraction of sp³-hybridized carbons (Fsp3) is 1.00. The normalized spacial score (nSPS) is 51.5. The number of alkyl halides is 1. The number of ether oxygens (including phenoxy) is 1. The molecule has 2 rings (SSSR count). The van der Waals surface area contributed by atoms with Crippen LogP contribution in [0.15, 0.2) is 0 Å². The Balaban J connectivity index is 2.15. The molecule has 2 saturated heterocycles. The molecular weight excluding hydrogens is 166 g/mol. The number of aliphatic hydroxyl groups is 1. The third-order valence-electron chi connectivity index (χ3n) is 2.52. The van der Waals surface area contributed by atoms with E-state index >= 15 is 0 Å². The summed E-state index contributed by atoms with van der Waals surface area (Å²) in [7, 11) is 1.97. The molecule has 2 fully saturated rings. The van der Waals surface area contributed by atoms with Gasteiger partial charge in [0.05, 0.1) is 30.2 Å². The summed E-state index contributed by atoms with van der Waals surface area (Å²) in [5.41, 5.74) is 0. The van der Waals surface area contributed by atoms with Gasteiger partial charge in [-0.2, -0.15) is 0 Å². The van der Waals surface area contributed by atoms with Gasteiger partial charge in [-0.05, 0) is 7.05 Å². The summed E-state index contributed by atoms with van der Waals surface area (Å²) in [5, 5.41) is 9.51. The van der Waals surface area contributed by atoms with Crippen molar-refractivity contribution in [3.05, 3.63) is 0 Å². The number of nitrogens with zero attached hydrogens (tertiary/aromatic N) is 1. The van der Waals surface area contributed by atoms with Gasteiger partial charge >= 0.3 is 0 Å². The zero-order chi connectivity index (χ0) is 8.01. The van der Waals surface area contributed by atoms with E-state index in [1.807, 2.05) is 7.05 Å². The Bertz CT molecular complexity index is 167. The fourth-order valence-corrected chi connectivity index (χ4v) is 2.43. The number of fused-ring (bicyclic) bond motifs is 1. The van der Waals surface area contributed by atoms with Crippen molar-refractivity contribution >= 4 is 11.6 Å². The van der Waals surface area contributed by atoms with Crippen molar-refractivity contribution in [3.63, 3.8) is 0 Å². The topological polar surface area (TPSA) is 32.7 Å². The molecule has 4 heteroatoms. The number of hydrogen-bond acceptors (Lipinski definition) is 3. The number of aliphatic hydroxyl groups excluding tert-OH is 1. The standard InChI is InChI=1S/C7H12ClNO2/c1-9-2-4(8)7-6(9)5(10)3-11-7/h4-7,10H,2-3H2,1H3/t4-,5-,6+,7+/m0/s1. The molecule has 64 valence electrons. The zero-order valence-corrected chi connectivity index (χ0v) is 7.16. The Morgan fingerprint density at radius 1 is 1.64 bits per heavy atom. The van der Waals surface area contributed by atoms with Gasteiger partial charge in [0.25, 0.3) is 0 Å². The first-order valence-corrected chi connectivity index (χ1v) is 4.28. The fourth-order valence-electron chi connectivity index (χ4n) is 1.99. The number of likely N-dealkylation sites (N-methyl/N-ethyl adjacent to an activating group) is 1. The van der Waals surface area contributed by atoms with Crippen molar-refractivity contribution in [2.45, 2.75) is 23.6 Å². The molecule has 0 amide bonds. The Morgan fingerprint density at radius 3 is 3.00 bits per heavy atom. The van der Waals surface area contributed by atoms with Gasteiger partial charge in [0.2, 0.25) is 0 Å². The van der Waals surface area contributed by atoms with Crippen LogP contribution >= 0.6 is 11.6 Å². The van der Waals surface area contributed by atoms with E-state index in [4.69, 9.17) is 16.3 Å². The van der Waals surface area contributed by atoms with E-state index in [1.165, 1.54) is 0 Å². The van der Waals surface area contributed by atoms with Crippen molar-refractivity contribution < 1.29 is 9.84 Å². The van der Waals surface area contributed by atoms with Gasteiger partial charge in [0.15, 0.2) is 0 Å². The minimum absolute atomic E-state index is 0.0386. The largest absolute Gasteiger partial charge is 0.389 e. The van der Waals surface area contributed by atoms with Crippen molar-refractivity contribution in [1.29, 1.82) is 0 Å². The highest BCUT2D eigenvalue weighted by Crippen LogP contribution is 2.31. The van der Waals surface area contributed by atoms with Crippen LogP contribution in [0, 0.1) is 0 Å². The zero-order valence-electron chi connectivity index (χ0n) is 6.40. The predicted molar refractivity (Wildman–Crippen MR) is 41.8 cm³/mol. The highest BCUT2D eigenvalue weighted by Gasteiger charge is 2.48. The molecule has 0 aliphatic carbocycles. The van der Waals surface area contributed by atoms with Gasteiger partial charge in [-0.15, -0.1) is 11.6 Å². The Kier molecular flexibility index (Phi) is 1.84. The highest BCUT2D eigenvalue weighted by molar-refractivity contribution is 6.21. The molecule has 0 unspecified atom stereocenters. The maximum atomic E-state index is 9.46. The quantitative estimate of drug-likeness (QED) is 0.515. The van der Waals surface area contributed by atoms with E-state index < -0.39 is 0 Å². The van der Waals surface area contributed by atoms with Crippen LogP contribution in [0.3, 0.4) is 0 Å². The van der Waals surface area contributed by atoms with Crippen LogP contribution in [0.25, 0.3) is 0 Å². The summed E-state index contributed by atoms with van der Waals surface area (Å²) in [6, 6.07) is 0.123. The Morgan fingerprint density at radius 2 is 2.36 bits per heavy atom. The molecule has 0 bridgehead atoms. The summed E-state index contributed by atoms with van der Waals surface area (Å²) >= 11 is 6.00. The summed E-state index contributed by atoms with van der Waals surface area (Å²) in [4.78, 5) is 2.07. The lowest BCUT2D eigenvalue weighted by Crippen LogP contribution is -2.38. The highest BCUT2D eigenvalue weighted by atomic mass is 35.5. The van der Waals surface area contributed by atoms with Gasteiger partial charge in [-0.1, -0.05) is 0 Å². The monoisotopic (exact) mass is 177 g/mol. The van der Waals surface area contributed by atoms with Crippen molar-refractivity contribution in [3.8, 4) is 0 Å². The molecule has 0 saturated carbocycles. The Hall–Kier alpha value is 0.170. The summed E-state index contributed by atoms with van der Waals surface area (Å²) in [5.74, 6) is 0. The van der Waals surface area contributed by atoms with E-state index in [1.54, 1.807) is 0 Å². The summed E-state index contributed by atoms with van der Waals surface area (Å²) in [6.07, 6.45) is -0.314. The lowest BCUT2D eigenvalue weighted by Gasteiger charge is -2.19. The molecule has 0 aromatic carbocycles. The molecule has 4 atom stereocenters. The molecular formula is C7H12ClNO2. The molecule has 1 N–H and O–H groups in total. The number of likely N-dealkylation sites (tertiary alicyclic amines) is 1. The molecule has 0 radical (unpaired) electrons. The molecule has 2 aliphatic heterocycles. The van der Waals surface area contributed by atoms with Gasteiger partial charge < -0.3 is 9.84 Å². The van der Waals surface area contributed by atoms with Gasteiger partial charge in [0.1, 0.15) is 0 Å². The minimum Gasteiger partial charge on any atom is -0.389 e. The molecule has 0 spiro atoms. The first-order valence-electron chi connectivity index (χ1n) is 3.84. The molecule has 3 nitrogen and oxygen atoms in total.